The highest BCUT2D eigenvalue weighted by molar-refractivity contribution is 5.83. The third kappa shape index (κ3) is 5.02. The van der Waals surface area contributed by atoms with Crippen molar-refractivity contribution >= 4 is 18.0 Å². The van der Waals surface area contributed by atoms with Crippen LogP contribution in [0.2, 0.25) is 0 Å². The lowest BCUT2D eigenvalue weighted by atomic mass is 10.1. The van der Waals surface area contributed by atoms with E-state index < -0.39 is 30.1 Å². The second kappa shape index (κ2) is 7.65. The molecular formula is C11H18N2O7. The van der Waals surface area contributed by atoms with E-state index in [9.17, 15) is 14.4 Å². The quantitative estimate of drug-likeness (QED) is 0.477. The smallest absolute Gasteiger partial charge is 0.326 e. The van der Waals surface area contributed by atoms with Crippen LogP contribution < -0.4 is 5.32 Å². The van der Waals surface area contributed by atoms with Crippen molar-refractivity contribution in [1.82, 2.24) is 10.2 Å². The minimum atomic E-state index is -1.29. The summed E-state index contributed by atoms with van der Waals surface area (Å²) in [6.45, 7) is 0.470. The molecule has 0 spiro atoms. The molecule has 0 aliphatic carbocycles. The first-order chi connectivity index (χ1) is 9.43. The number of urea groups is 1. The highest BCUT2D eigenvalue weighted by Gasteiger charge is 2.27. The van der Waals surface area contributed by atoms with Crippen molar-refractivity contribution < 1.29 is 34.4 Å². The second-order valence-electron chi connectivity index (χ2n) is 4.39. The van der Waals surface area contributed by atoms with Gasteiger partial charge in [0.05, 0.1) is 25.9 Å². The van der Waals surface area contributed by atoms with Gasteiger partial charge in [-0.1, -0.05) is 0 Å². The fourth-order valence-corrected chi connectivity index (χ4v) is 1.78. The molecule has 1 saturated heterocycles. The summed E-state index contributed by atoms with van der Waals surface area (Å²) >= 11 is 0. The number of aliphatic hydroxyl groups is 1. The van der Waals surface area contributed by atoms with Crippen molar-refractivity contribution in [3.8, 4) is 0 Å². The molecule has 0 aromatic rings. The number of hydrogen-bond acceptors (Lipinski definition) is 5. The third-order valence-electron chi connectivity index (χ3n) is 2.87. The zero-order valence-electron chi connectivity index (χ0n) is 10.8. The predicted octanol–water partition coefficient (Wildman–Crippen LogP) is -1.29. The second-order valence-corrected chi connectivity index (χ2v) is 4.39. The zero-order valence-corrected chi connectivity index (χ0v) is 10.8. The number of nitrogens with zero attached hydrogens (tertiary/aromatic N) is 1. The summed E-state index contributed by atoms with van der Waals surface area (Å²) in [4.78, 5) is 34.6. The van der Waals surface area contributed by atoms with Gasteiger partial charge in [-0.15, -0.1) is 0 Å². The number of carboxylic acids is 2. The number of hydrogen-bond donors (Lipinski definition) is 4. The molecule has 0 saturated carbocycles. The van der Waals surface area contributed by atoms with Gasteiger partial charge in [0.15, 0.2) is 0 Å². The Morgan fingerprint density at radius 3 is 2.60 bits per heavy atom. The topological polar surface area (TPSA) is 136 Å². The highest BCUT2D eigenvalue weighted by atomic mass is 16.5. The lowest BCUT2D eigenvalue weighted by Crippen LogP contribution is -2.54. The van der Waals surface area contributed by atoms with Gasteiger partial charge in [-0.25, -0.2) is 9.59 Å². The molecule has 0 aromatic carbocycles. The standard InChI is InChI=1S/C11H18N2O7/c14-6-7-5-13(3-4-20-7)11(19)12-8(10(17)18)1-2-9(15)16/h7-8,14H,1-6H2,(H,12,19)(H,15,16)(H,17,18). The molecule has 1 aliphatic heterocycles. The van der Waals surface area contributed by atoms with Gasteiger partial charge >= 0.3 is 18.0 Å². The van der Waals surface area contributed by atoms with E-state index in [1.807, 2.05) is 0 Å². The van der Waals surface area contributed by atoms with Crippen LogP contribution in [0.4, 0.5) is 4.79 Å². The average Bonchev–Trinajstić information content (AvgIpc) is 2.42. The molecule has 1 fully saturated rings. The van der Waals surface area contributed by atoms with E-state index in [1.165, 1.54) is 4.90 Å². The molecule has 114 valence electrons. The number of morpholine rings is 1. The molecule has 0 bridgehead atoms. The molecule has 1 heterocycles. The van der Waals surface area contributed by atoms with Crippen molar-refractivity contribution in [3.63, 3.8) is 0 Å². The fourth-order valence-electron chi connectivity index (χ4n) is 1.78. The fraction of sp³-hybridized carbons (Fsp3) is 0.727. The van der Waals surface area contributed by atoms with Crippen LogP contribution in [-0.2, 0) is 14.3 Å². The Bertz CT molecular complexity index is 374. The number of carboxylic acid groups (broad SMARTS) is 2. The number of carbonyl (C=O) groups excluding carboxylic acids is 1. The molecule has 2 unspecified atom stereocenters. The van der Waals surface area contributed by atoms with Crippen LogP contribution in [0.25, 0.3) is 0 Å². The Balaban J connectivity index is 2.52. The predicted molar refractivity (Wildman–Crippen MR) is 65.2 cm³/mol. The Morgan fingerprint density at radius 2 is 2.05 bits per heavy atom. The summed E-state index contributed by atoms with van der Waals surface area (Å²) in [6.07, 6.45) is -1.03. The number of aliphatic hydroxyl groups excluding tert-OH is 1. The summed E-state index contributed by atoms with van der Waals surface area (Å²) in [6, 6.07) is -1.86. The summed E-state index contributed by atoms with van der Waals surface area (Å²) in [5, 5.41) is 28.7. The minimum Gasteiger partial charge on any atom is -0.481 e. The van der Waals surface area contributed by atoms with Crippen LogP contribution in [-0.4, -0.2) is 76.6 Å². The number of nitrogens with one attached hydrogen (secondary N) is 1. The van der Waals surface area contributed by atoms with E-state index in [2.05, 4.69) is 5.32 Å². The molecule has 1 aliphatic rings. The largest absolute Gasteiger partial charge is 0.481 e. The van der Waals surface area contributed by atoms with Gasteiger partial charge in [-0.3, -0.25) is 4.79 Å². The number of aliphatic carboxylic acids is 2. The summed E-state index contributed by atoms with van der Waals surface area (Å²) in [5.74, 6) is -2.41. The maximum Gasteiger partial charge on any atom is 0.326 e. The number of ether oxygens (including phenoxy) is 1. The number of rotatable bonds is 6. The van der Waals surface area contributed by atoms with Crippen LogP contribution in [0, 0.1) is 0 Å². The lowest BCUT2D eigenvalue weighted by molar-refractivity contribution is -0.140. The normalized spacial score (nSPS) is 20.2. The Labute approximate surface area is 115 Å². The molecule has 0 radical (unpaired) electrons. The van der Waals surface area contributed by atoms with Crippen molar-refractivity contribution in [2.75, 3.05) is 26.3 Å². The molecule has 1 rings (SSSR count). The third-order valence-corrected chi connectivity index (χ3v) is 2.87. The van der Waals surface area contributed by atoms with Gasteiger partial charge in [0.25, 0.3) is 0 Å². The van der Waals surface area contributed by atoms with Crippen molar-refractivity contribution in [1.29, 1.82) is 0 Å². The highest BCUT2D eigenvalue weighted by Crippen LogP contribution is 2.06. The van der Waals surface area contributed by atoms with Crippen molar-refractivity contribution in [2.45, 2.75) is 25.0 Å². The maximum absolute atomic E-state index is 11.9. The molecule has 2 atom stereocenters. The molecular weight excluding hydrogens is 272 g/mol. The minimum absolute atomic E-state index is 0.160. The van der Waals surface area contributed by atoms with Crippen molar-refractivity contribution in [2.24, 2.45) is 0 Å². The van der Waals surface area contributed by atoms with Gasteiger partial charge in [0.2, 0.25) is 0 Å². The maximum atomic E-state index is 11.9. The van der Waals surface area contributed by atoms with E-state index in [0.717, 1.165) is 0 Å². The van der Waals surface area contributed by atoms with Crippen LogP contribution in [0.1, 0.15) is 12.8 Å². The summed E-state index contributed by atoms with van der Waals surface area (Å²) in [7, 11) is 0. The SMILES string of the molecule is O=C(O)CCC(NC(=O)N1CCOC(CO)C1)C(=O)O. The van der Waals surface area contributed by atoms with Gasteiger partial charge < -0.3 is 30.3 Å². The lowest BCUT2D eigenvalue weighted by Gasteiger charge is -2.32. The Hall–Kier alpha value is -1.87. The molecule has 9 nitrogen and oxygen atoms in total. The van der Waals surface area contributed by atoms with E-state index in [-0.39, 0.29) is 39.1 Å². The first-order valence-corrected chi connectivity index (χ1v) is 6.16. The van der Waals surface area contributed by atoms with Crippen LogP contribution in [0.5, 0.6) is 0 Å². The molecule has 20 heavy (non-hydrogen) atoms. The Morgan fingerprint density at radius 1 is 1.35 bits per heavy atom. The van der Waals surface area contributed by atoms with Crippen LogP contribution in [0.3, 0.4) is 0 Å². The summed E-state index contributed by atoms with van der Waals surface area (Å²) < 4.78 is 5.17. The van der Waals surface area contributed by atoms with E-state index in [4.69, 9.17) is 20.1 Å². The van der Waals surface area contributed by atoms with E-state index in [0.29, 0.717) is 0 Å². The zero-order chi connectivity index (χ0) is 15.1. The van der Waals surface area contributed by atoms with E-state index in [1.54, 1.807) is 0 Å². The van der Waals surface area contributed by atoms with Gasteiger partial charge in [0, 0.05) is 13.0 Å². The first-order valence-electron chi connectivity index (χ1n) is 6.16. The average molecular weight is 290 g/mol. The molecule has 4 N–H and O–H groups in total. The van der Waals surface area contributed by atoms with Gasteiger partial charge in [-0.2, -0.15) is 0 Å². The summed E-state index contributed by atoms with van der Waals surface area (Å²) in [5.41, 5.74) is 0. The number of amides is 2. The molecule has 0 aromatic heterocycles. The number of carbonyl (C=O) groups is 3. The van der Waals surface area contributed by atoms with Gasteiger partial charge in [-0.05, 0) is 6.42 Å². The van der Waals surface area contributed by atoms with Gasteiger partial charge in [0.1, 0.15) is 6.04 Å². The first kappa shape index (κ1) is 16.2. The van der Waals surface area contributed by atoms with E-state index >= 15 is 0 Å². The van der Waals surface area contributed by atoms with Crippen LogP contribution in [0.15, 0.2) is 0 Å². The van der Waals surface area contributed by atoms with Crippen LogP contribution >= 0.6 is 0 Å². The molecule has 2 amide bonds. The monoisotopic (exact) mass is 290 g/mol. The van der Waals surface area contributed by atoms with Crippen molar-refractivity contribution in [3.05, 3.63) is 0 Å². The Kier molecular flexibility index (Phi) is 6.19. The molecule has 9 heteroatoms.